The third-order valence-electron chi connectivity index (χ3n) is 4.87. The first-order valence-corrected chi connectivity index (χ1v) is 10.2. The number of pyridine rings is 1. The number of rotatable bonds is 4. The molecule has 0 unspecified atom stereocenters. The van der Waals surface area contributed by atoms with E-state index in [9.17, 15) is 8.42 Å². The summed E-state index contributed by atoms with van der Waals surface area (Å²) in [6.45, 7) is 0.639. The molecule has 0 fully saturated rings. The van der Waals surface area contributed by atoms with E-state index in [0.29, 0.717) is 6.54 Å². The summed E-state index contributed by atoms with van der Waals surface area (Å²) in [6, 6.07) is 11.3. The van der Waals surface area contributed by atoms with Crippen molar-refractivity contribution >= 4 is 10.0 Å². The molecule has 4 rings (SSSR count). The number of fused-ring (bicyclic) bond motifs is 3. The number of aryl methyl sites for hydroxylation is 1. The minimum absolute atomic E-state index is 0.204. The first-order valence-electron chi connectivity index (χ1n) is 8.74. The van der Waals surface area contributed by atoms with Crippen LogP contribution in [0.4, 0.5) is 0 Å². The molecular weight excluding hydrogens is 346 g/mol. The molecule has 0 amide bonds. The molecule has 2 heterocycles. The van der Waals surface area contributed by atoms with Gasteiger partial charge in [-0.25, -0.2) is 12.4 Å². The predicted octanol–water partition coefficient (Wildman–Crippen LogP) is 3.00. The maximum Gasteiger partial charge on any atom is 0.269 e. The topological polar surface area (TPSA) is 64.0 Å². The highest BCUT2D eigenvalue weighted by molar-refractivity contribution is 7.90. The Kier molecular flexibility index (Phi) is 4.38. The van der Waals surface area contributed by atoms with Crippen molar-refractivity contribution in [2.24, 2.45) is 0 Å². The first-order chi connectivity index (χ1) is 12.6. The minimum atomic E-state index is -3.71. The van der Waals surface area contributed by atoms with Crippen LogP contribution in [0.25, 0.3) is 11.3 Å². The van der Waals surface area contributed by atoms with Crippen molar-refractivity contribution in [2.75, 3.05) is 7.05 Å². The highest BCUT2D eigenvalue weighted by Crippen LogP contribution is 2.37. The van der Waals surface area contributed by atoms with Crippen molar-refractivity contribution in [2.45, 2.75) is 30.7 Å². The van der Waals surface area contributed by atoms with Crippen LogP contribution in [0.2, 0.25) is 0 Å². The summed E-state index contributed by atoms with van der Waals surface area (Å²) in [6.07, 6.45) is 7.59. The summed E-state index contributed by atoms with van der Waals surface area (Å²) in [5, 5.41) is 3.16. The number of aromatic nitrogens is 2. The molecule has 1 aliphatic carbocycles. The fraction of sp³-hybridized carbons (Fsp3) is 0.250. The van der Waals surface area contributed by atoms with Crippen LogP contribution in [-0.4, -0.2) is 24.4 Å². The van der Waals surface area contributed by atoms with Gasteiger partial charge in [-0.15, -0.1) is 0 Å². The van der Waals surface area contributed by atoms with E-state index in [1.807, 2.05) is 25.2 Å². The van der Waals surface area contributed by atoms with Crippen molar-refractivity contribution in [1.29, 1.82) is 0 Å². The molecule has 1 aliphatic rings. The van der Waals surface area contributed by atoms with Gasteiger partial charge in [-0.2, -0.15) is 0 Å². The molecule has 26 heavy (non-hydrogen) atoms. The zero-order valence-corrected chi connectivity index (χ0v) is 15.5. The Bertz CT molecular complexity index is 1040. The van der Waals surface area contributed by atoms with Crippen molar-refractivity contribution in [3.05, 3.63) is 71.7 Å². The molecule has 0 saturated heterocycles. The number of nitrogens with one attached hydrogen (secondary N) is 1. The fourth-order valence-electron chi connectivity index (χ4n) is 3.70. The average Bonchev–Trinajstić information content (AvgIpc) is 2.91. The van der Waals surface area contributed by atoms with Crippen molar-refractivity contribution in [3.8, 4) is 11.3 Å². The summed E-state index contributed by atoms with van der Waals surface area (Å²) in [4.78, 5) is 4.19. The van der Waals surface area contributed by atoms with Gasteiger partial charge in [0.1, 0.15) is 4.90 Å². The fourth-order valence-corrected chi connectivity index (χ4v) is 5.09. The van der Waals surface area contributed by atoms with Crippen LogP contribution in [-0.2, 0) is 29.4 Å². The molecular formula is C20H21N3O2S. The van der Waals surface area contributed by atoms with E-state index in [1.165, 1.54) is 15.7 Å². The lowest BCUT2D eigenvalue weighted by molar-refractivity contribution is 0.587. The maximum absolute atomic E-state index is 13.3. The van der Waals surface area contributed by atoms with E-state index < -0.39 is 10.0 Å². The van der Waals surface area contributed by atoms with E-state index in [1.54, 1.807) is 24.5 Å². The van der Waals surface area contributed by atoms with Crippen LogP contribution in [0.3, 0.4) is 0 Å². The quantitative estimate of drug-likeness (QED) is 0.770. The van der Waals surface area contributed by atoms with E-state index in [4.69, 9.17) is 0 Å². The van der Waals surface area contributed by atoms with Gasteiger partial charge in [0, 0.05) is 30.7 Å². The van der Waals surface area contributed by atoms with Gasteiger partial charge in [0.15, 0.2) is 0 Å². The molecule has 0 atom stereocenters. The zero-order valence-electron chi connectivity index (χ0n) is 14.6. The van der Waals surface area contributed by atoms with E-state index in [0.717, 1.165) is 41.6 Å². The molecule has 3 aromatic rings. The molecule has 0 saturated carbocycles. The summed E-state index contributed by atoms with van der Waals surface area (Å²) in [7, 11) is -1.83. The highest BCUT2D eigenvalue weighted by Gasteiger charge is 2.28. The maximum atomic E-state index is 13.3. The van der Waals surface area contributed by atoms with Gasteiger partial charge in [0.2, 0.25) is 0 Å². The van der Waals surface area contributed by atoms with Crippen LogP contribution in [0.5, 0.6) is 0 Å². The third kappa shape index (κ3) is 2.75. The standard InChI is InChI=1S/C20H21N3O2S/c1-21-12-16-14-23(26(24,25)17-8-5-11-22-13-17)20-18-9-3-2-6-15(18)7-4-10-19(16)20/h2-3,5-6,8-9,11,13-14,21H,4,7,10,12H2,1H3. The van der Waals surface area contributed by atoms with E-state index >= 15 is 0 Å². The van der Waals surface area contributed by atoms with Gasteiger partial charge >= 0.3 is 0 Å². The number of hydrogen-bond acceptors (Lipinski definition) is 4. The molecule has 134 valence electrons. The van der Waals surface area contributed by atoms with Crippen LogP contribution < -0.4 is 5.32 Å². The smallest absolute Gasteiger partial charge is 0.269 e. The monoisotopic (exact) mass is 367 g/mol. The third-order valence-corrected chi connectivity index (χ3v) is 6.51. The number of hydrogen-bond donors (Lipinski definition) is 1. The summed E-state index contributed by atoms with van der Waals surface area (Å²) in [5.74, 6) is 0. The summed E-state index contributed by atoms with van der Waals surface area (Å²) < 4.78 is 28.2. The summed E-state index contributed by atoms with van der Waals surface area (Å²) in [5.41, 5.74) is 5.16. The molecule has 0 aliphatic heterocycles. The Hall–Kier alpha value is -2.44. The second-order valence-corrected chi connectivity index (χ2v) is 8.33. The number of benzene rings is 1. The normalized spacial score (nSPS) is 13.7. The predicted molar refractivity (Wildman–Crippen MR) is 101 cm³/mol. The highest BCUT2D eigenvalue weighted by atomic mass is 32.2. The van der Waals surface area contributed by atoms with Gasteiger partial charge in [-0.05, 0) is 55.1 Å². The average molecular weight is 367 g/mol. The van der Waals surface area contributed by atoms with Crippen LogP contribution >= 0.6 is 0 Å². The lowest BCUT2D eigenvalue weighted by atomic mass is 10.0. The van der Waals surface area contributed by atoms with Gasteiger partial charge in [-0.1, -0.05) is 24.3 Å². The minimum Gasteiger partial charge on any atom is -0.316 e. The molecule has 2 aromatic heterocycles. The molecule has 5 nitrogen and oxygen atoms in total. The first kappa shape index (κ1) is 17.0. The molecule has 6 heteroatoms. The van der Waals surface area contributed by atoms with E-state index in [2.05, 4.69) is 16.4 Å². The largest absolute Gasteiger partial charge is 0.316 e. The Labute approximate surface area is 153 Å². The van der Waals surface area contributed by atoms with Gasteiger partial charge in [-0.3, -0.25) is 4.98 Å². The van der Waals surface area contributed by atoms with Crippen LogP contribution in [0.1, 0.15) is 23.1 Å². The molecule has 0 radical (unpaired) electrons. The zero-order chi connectivity index (χ0) is 18.1. The van der Waals surface area contributed by atoms with Crippen LogP contribution in [0, 0.1) is 0 Å². The molecule has 1 N–H and O–H groups in total. The second-order valence-electron chi connectivity index (χ2n) is 6.51. The van der Waals surface area contributed by atoms with Gasteiger partial charge in [0.05, 0.1) is 5.69 Å². The van der Waals surface area contributed by atoms with Gasteiger partial charge in [0.25, 0.3) is 10.0 Å². The van der Waals surface area contributed by atoms with Crippen molar-refractivity contribution in [1.82, 2.24) is 14.3 Å². The number of nitrogens with zero attached hydrogens (tertiary/aromatic N) is 2. The van der Waals surface area contributed by atoms with Crippen molar-refractivity contribution in [3.63, 3.8) is 0 Å². The second kappa shape index (κ2) is 6.70. The SMILES string of the molecule is CNCc1cn(S(=O)(=O)c2cccnc2)c2c1CCCc1ccccc1-2. The van der Waals surface area contributed by atoms with Gasteiger partial charge < -0.3 is 5.32 Å². The molecule has 1 aromatic carbocycles. The summed E-state index contributed by atoms with van der Waals surface area (Å²) >= 11 is 0. The van der Waals surface area contributed by atoms with Crippen molar-refractivity contribution < 1.29 is 8.42 Å². The Balaban J connectivity index is 2.01. The molecule has 0 bridgehead atoms. The Morgan fingerprint density at radius 3 is 2.77 bits per heavy atom. The van der Waals surface area contributed by atoms with Crippen LogP contribution in [0.15, 0.2) is 59.9 Å². The lowest BCUT2D eigenvalue weighted by Crippen LogP contribution is -2.14. The van der Waals surface area contributed by atoms with E-state index in [-0.39, 0.29) is 4.90 Å². The lowest BCUT2D eigenvalue weighted by Gasteiger charge is -2.13. The molecule has 0 spiro atoms. The Morgan fingerprint density at radius 1 is 1.15 bits per heavy atom. The Morgan fingerprint density at radius 2 is 2.00 bits per heavy atom.